The fraction of sp³-hybridized carbons (Fsp3) is 0.323. The largest absolute Gasteiger partial charge is 0.490 e. The maximum absolute atomic E-state index is 13.6. The van der Waals surface area contributed by atoms with Crippen LogP contribution in [0.1, 0.15) is 60.9 Å². The number of benzene rings is 2. The molecule has 0 atom stereocenters. The van der Waals surface area contributed by atoms with Gasteiger partial charge in [-0.15, -0.1) is 0 Å². The van der Waals surface area contributed by atoms with Crippen LogP contribution in [0.4, 0.5) is 4.39 Å². The third-order valence-electron chi connectivity index (χ3n) is 7.38. The van der Waals surface area contributed by atoms with Crippen LogP contribution in [0.3, 0.4) is 0 Å². The first-order valence-electron chi connectivity index (χ1n) is 13.4. The van der Waals surface area contributed by atoms with E-state index in [9.17, 15) is 14.0 Å². The van der Waals surface area contributed by atoms with Gasteiger partial charge in [-0.3, -0.25) is 14.2 Å². The van der Waals surface area contributed by atoms with Gasteiger partial charge in [0.05, 0.1) is 12.6 Å². The van der Waals surface area contributed by atoms with Crippen LogP contribution >= 0.6 is 0 Å². The zero-order valence-corrected chi connectivity index (χ0v) is 21.2. The number of rotatable bonds is 7. The molecule has 0 saturated heterocycles. The Kier molecular flexibility index (Phi) is 6.66. The van der Waals surface area contributed by atoms with Crippen LogP contribution in [0.2, 0.25) is 0 Å². The van der Waals surface area contributed by atoms with E-state index in [-0.39, 0.29) is 29.9 Å². The summed E-state index contributed by atoms with van der Waals surface area (Å²) in [5, 5.41) is 3.77. The summed E-state index contributed by atoms with van der Waals surface area (Å²) >= 11 is 0. The molecule has 1 amide bonds. The van der Waals surface area contributed by atoms with E-state index < -0.39 is 5.56 Å². The van der Waals surface area contributed by atoms with E-state index in [1.165, 1.54) is 23.1 Å². The molecule has 2 aromatic carbocycles. The van der Waals surface area contributed by atoms with Crippen LogP contribution in [0.25, 0.3) is 22.2 Å². The van der Waals surface area contributed by atoms with Gasteiger partial charge in [-0.1, -0.05) is 43.5 Å². The second kappa shape index (κ2) is 10.4. The van der Waals surface area contributed by atoms with Gasteiger partial charge in [-0.05, 0) is 73.2 Å². The number of halogens is 1. The molecule has 7 heteroatoms. The molecule has 2 aliphatic rings. The molecule has 6 rings (SSSR count). The third kappa shape index (κ3) is 5.32. The maximum atomic E-state index is 13.6. The molecule has 0 aliphatic heterocycles. The number of carbonyl (C=O) groups is 1. The van der Waals surface area contributed by atoms with E-state index in [2.05, 4.69) is 10.3 Å². The Morgan fingerprint density at radius 1 is 0.947 bits per heavy atom. The van der Waals surface area contributed by atoms with Crippen LogP contribution < -0.4 is 15.6 Å². The summed E-state index contributed by atoms with van der Waals surface area (Å²) in [5.41, 5.74) is 2.75. The SMILES string of the molecule is O=C(NC1CCCCC1)c1cc2cc(-c3ccc(OC4CC4)cc3)cnc2n(Cc2ccc(F)cc2)c1=O. The first-order chi connectivity index (χ1) is 18.5. The monoisotopic (exact) mass is 511 g/mol. The zero-order chi connectivity index (χ0) is 26.1. The fourth-order valence-electron chi connectivity index (χ4n) is 5.12. The van der Waals surface area contributed by atoms with Crippen molar-refractivity contribution in [1.29, 1.82) is 0 Å². The summed E-state index contributed by atoms with van der Waals surface area (Å²) < 4.78 is 20.9. The van der Waals surface area contributed by atoms with Crippen molar-refractivity contribution in [3.63, 3.8) is 0 Å². The molecule has 38 heavy (non-hydrogen) atoms. The van der Waals surface area contributed by atoms with Gasteiger partial charge in [-0.25, -0.2) is 9.37 Å². The quantitative estimate of drug-likeness (QED) is 0.338. The molecule has 2 aliphatic carbocycles. The molecule has 194 valence electrons. The number of nitrogens with one attached hydrogen (secondary N) is 1. The first kappa shape index (κ1) is 24.3. The number of fused-ring (bicyclic) bond motifs is 1. The highest BCUT2D eigenvalue weighted by Gasteiger charge is 2.24. The summed E-state index contributed by atoms with van der Waals surface area (Å²) in [6.45, 7) is 0.180. The molecule has 2 fully saturated rings. The van der Waals surface area contributed by atoms with Crippen molar-refractivity contribution < 1.29 is 13.9 Å². The Labute approximate surface area is 220 Å². The lowest BCUT2D eigenvalue weighted by atomic mass is 9.95. The van der Waals surface area contributed by atoms with E-state index in [0.29, 0.717) is 17.1 Å². The lowest BCUT2D eigenvalue weighted by Crippen LogP contribution is -2.40. The molecule has 1 N–H and O–H groups in total. The van der Waals surface area contributed by atoms with Crippen LogP contribution in [-0.2, 0) is 6.54 Å². The molecule has 4 aromatic rings. The van der Waals surface area contributed by atoms with Crippen LogP contribution in [-0.4, -0.2) is 27.6 Å². The van der Waals surface area contributed by atoms with E-state index >= 15 is 0 Å². The first-order valence-corrected chi connectivity index (χ1v) is 13.4. The number of nitrogens with zero attached hydrogens (tertiary/aromatic N) is 2. The highest BCUT2D eigenvalue weighted by atomic mass is 19.1. The van der Waals surface area contributed by atoms with E-state index in [1.54, 1.807) is 24.4 Å². The Hall–Kier alpha value is -4.00. The Morgan fingerprint density at radius 3 is 2.39 bits per heavy atom. The number of ether oxygens (including phenoxy) is 1. The van der Waals surface area contributed by atoms with Crippen molar-refractivity contribution in [3.05, 3.63) is 94.2 Å². The summed E-state index contributed by atoms with van der Waals surface area (Å²) in [6, 6.07) is 17.6. The summed E-state index contributed by atoms with van der Waals surface area (Å²) in [7, 11) is 0. The van der Waals surface area contributed by atoms with Gasteiger partial charge >= 0.3 is 0 Å². The van der Waals surface area contributed by atoms with Crippen LogP contribution in [0, 0.1) is 5.82 Å². The number of hydrogen-bond acceptors (Lipinski definition) is 4. The summed E-state index contributed by atoms with van der Waals surface area (Å²) in [5.74, 6) is 0.145. The number of amides is 1. The Morgan fingerprint density at radius 2 is 1.68 bits per heavy atom. The van der Waals surface area contributed by atoms with Crippen molar-refractivity contribution in [2.75, 3.05) is 0 Å². The highest BCUT2D eigenvalue weighted by Crippen LogP contribution is 2.29. The molecule has 0 bridgehead atoms. The molecular weight excluding hydrogens is 481 g/mol. The van der Waals surface area contributed by atoms with Crippen LogP contribution in [0.5, 0.6) is 5.75 Å². The van der Waals surface area contributed by atoms with Gasteiger partial charge in [-0.2, -0.15) is 0 Å². The van der Waals surface area contributed by atoms with Gasteiger partial charge < -0.3 is 10.1 Å². The smallest absolute Gasteiger partial charge is 0.265 e. The molecule has 0 radical (unpaired) electrons. The van der Waals surface area contributed by atoms with Gasteiger partial charge in [0.1, 0.15) is 22.8 Å². The van der Waals surface area contributed by atoms with E-state index in [1.807, 2.05) is 30.3 Å². The minimum atomic E-state index is -0.406. The number of hydrogen-bond donors (Lipinski definition) is 1. The second-order valence-corrected chi connectivity index (χ2v) is 10.4. The van der Waals surface area contributed by atoms with Crippen molar-refractivity contribution in [3.8, 4) is 16.9 Å². The van der Waals surface area contributed by atoms with Crippen molar-refractivity contribution in [2.45, 2.75) is 63.6 Å². The average Bonchev–Trinajstić information content (AvgIpc) is 3.76. The predicted molar refractivity (Wildman–Crippen MR) is 145 cm³/mol. The van der Waals surface area contributed by atoms with Gasteiger partial charge in [0.25, 0.3) is 11.5 Å². The minimum Gasteiger partial charge on any atom is -0.490 e. The van der Waals surface area contributed by atoms with Crippen LogP contribution in [0.15, 0.2) is 71.7 Å². The maximum Gasteiger partial charge on any atom is 0.265 e. The zero-order valence-electron chi connectivity index (χ0n) is 21.2. The Balaban J connectivity index is 1.39. The normalized spacial score (nSPS) is 15.9. The molecule has 0 unspecified atom stereocenters. The average molecular weight is 512 g/mol. The second-order valence-electron chi connectivity index (χ2n) is 10.4. The lowest BCUT2D eigenvalue weighted by Gasteiger charge is -2.23. The number of aromatic nitrogens is 2. The van der Waals surface area contributed by atoms with Gasteiger partial charge in [0.15, 0.2) is 0 Å². The molecule has 2 saturated carbocycles. The third-order valence-corrected chi connectivity index (χ3v) is 7.38. The number of carbonyl (C=O) groups excluding carboxylic acids is 1. The molecule has 2 heterocycles. The van der Waals surface area contributed by atoms with E-state index in [0.717, 1.165) is 61.0 Å². The van der Waals surface area contributed by atoms with Gasteiger partial charge in [0.2, 0.25) is 0 Å². The van der Waals surface area contributed by atoms with E-state index in [4.69, 9.17) is 4.74 Å². The highest BCUT2D eigenvalue weighted by molar-refractivity contribution is 5.97. The minimum absolute atomic E-state index is 0.0812. The van der Waals surface area contributed by atoms with Crippen molar-refractivity contribution >= 4 is 16.9 Å². The topological polar surface area (TPSA) is 73.2 Å². The predicted octanol–water partition coefficient (Wildman–Crippen LogP) is 5.85. The molecule has 2 aromatic heterocycles. The standard InChI is InChI=1S/C31H30FN3O3/c32-24-10-6-20(7-11-24)19-35-29-22(17-28(31(35)37)30(36)34-25-4-2-1-3-5-25)16-23(18-33-29)21-8-12-26(13-9-21)38-27-14-15-27/h6-13,16-18,25,27H,1-5,14-15,19H2,(H,34,36). The lowest BCUT2D eigenvalue weighted by molar-refractivity contribution is 0.0926. The Bertz CT molecular complexity index is 1520. The number of pyridine rings is 2. The van der Waals surface area contributed by atoms with Crippen molar-refractivity contribution in [2.24, 2.45) is 0 Å². The fourth-order valence-corrected chi connectivity index (χ4v) is 5.12. The molecule has 6 nitrogen and oxygen atoms in total. The van der Waals surface area contributed by atoms with Crippen molar-refractivity contribution in [1.82, 2.24) is 14.9 Å². The molecular formula is C31H30FN3O3. The summed E-state index contributed by atoms with van der Waals surface area (Å²) in [4.78, 5) is 31.6. The van der Waals surface area contributed by atoms with Gasteiger partial charge in [0, 0.05) is 23.2 Å². The summed E-state index contributed by atoms with van der Waals surface area (Å²) in [6.07, 6.45) is 9.46. The molecule has 0 spiro atoms.